The zero-order valence-electron chi connectivity index (χ0n) is 22.4. The number of hydrogen-bond donors (Lipinski definition) is 0. The maximum atomic E-state index is 13.2. The van der Waals surface area contributed by atoms with Crippen molar-refractivity contribution in [3.8, 4) is 6.07 Å². The second-order valence-corrected chi connectivity index (χ2v) is 11.2. The lowest BCUT2D eigenvalue weighted by atomic mass is 10.1. The van der Waals surface area contributed by atoms with Crippen molar-refractivity contribution in [1.29, 1.82) is 5.26 Å². The molecular formula is C28H31N4O6P. The minimum Gasteiger partial charge on any atom is -0.321 e. The van der Waals surface area contributed by atoms with Crippen LogP contribution in [0.2, 0.25) is 0 Å². The summed E-state index contributed by atoms with van der Waals surface area (Å²) in [5.41, 5.74) is 1.17. The van der Waals surface area contributed by atoms with Gasteiger partial charge in [0.1, 0.15) is 6.10 Å². The number of fused-ring (bicyclic) bond motifs is 2. The third-order valence-corrected chi connectivity index (χ3v) is 8.61. The van der Waals surface area contributed by atoms with E-state index in [0.29, 0.717) is 22.3 Å². The summed E-state index contributed by atoms with van der Waals surface area (Å²) >= 11 is 0. The lowest BCUT2D eigenvalue weighted by Gasteiger charge is -2.38. The molecule has 0 saturated carbocycles. The molecule has 0 aliphatic carbocycles. The number of rotatable bonds is 12. The molecule has 10 nitrogen and oxygen atoms in total. The standard InChI is InChI=1S/C28H31N4O6P/c1-18(2)32(19(3)4)39(37-15-9-14-29)38-20(16-30-25(33)21-10-5-6-11-22(21)26(30)34)17-31-27(35)23-12-7-8-13-24(23)28(31)36/h5-8,10-13,18-20H,9,15-17H2,1-4H3. The van der Waals surface area contributed by atoms with E-state index >= 15 is 0 Å². The fourth-order valence-electron chi connectivity index (χ4n) is 4.76. The van der Waals surface area contributed by atoms with Crippen LogP contribution >= 0.6 is 8.53 Å². The van der Waals surface area contributed by atoms with E-state index in [1.807, 2.05) is 32.4 Å². The minimum absolute atomic E-state index is 0.00235. The molecule has 11 heteroatoms. The van der Waals surface area contributed by atoms with Gasteiger partial charge in [0.25, 0.3) is 32.2 Å². The van der Waals surface area contributed by atoms with Gasteiger partial charge in [-0.3, -0.25) is 29.0 Å². The van der Waals surface area contributed by atoms with Crippen molar-refractivity contribution in [2.45, 2.75) is 52.3 Å². The normalized spacial score (nSPS) is 15.7. The van der Waals surface area contributed by atoms with Gasteiger partial charge in [0.15, 0.2) is 0 Å². The van der Waals surface area contributed by atoms with Gasteiger partial charge in [-0.2, -0.15) is 5.26 Å². The van der Waals surface area contributed by atoms with Gasteiger partial charge in [-0.15, -0.1) is 0 Å². The first-order valence-electron chi connectivity index (χ1n) is 12.8. The Kier molecular flexibility index (Phi) is 8.88. The molecule has 0 radical (unpaired) electrons. The molecule has 2 aliphatic rings. The van der Waals surface area contributed by atoms with Crippen molar-refractivity contribution in [3.63, 3.8) is 0 Å². The Hall–Kier alpha value is -3.48. The number of nitriles is 1. The van der Waals surface area contributed by atoms with Gasteiger partial charge in [-0.1, -0.05) is 24.3 Å². The van der Waals surface area contributed by atoms with Gasteiger partial charge in [0, 0.05) is 12.1 Å². The zero-order chi connectivity index (χ0) is 28.3. The monoisotopic (exact) mass is 550 g/mol. The van der Waals surface area contributed by atoms with Crippen LogP contribution in [0, 0.1) is 11.3 Å². The highest BCUT2D eigenvalue weighted by Crippen LogP contribution is 2.47. The summed E-state index contributed by atoms with van der Waals surface area (Å²) in [7, 11) is -1.78. The number of imide groups is 2. The van der Waals surface area contributed by atoms with E-state index < -0.39 is 38.3 Å². The van der Waals surface area contributed by atoms with Crippen LogP contribution in [-0.2, 0) is 9.05 Å². The Bertz CT molecular complexity index is 1170. The van der Waals surface area contributed by atoms with Crippen LogP contribution in [0.3, 0.4) is 0 Å². The molecule has 0 bridgehead atoms. The summed E-state index contributed by atoms with van der Waals surface area (Å²) in [4.78, 5) is 54.8. The largest absolute Gasteiger partial charge is 0.321 e. The van der Waals surface area contributed by atoms with Gasteiger partial charge in [0.2, 0.25) is 0 Å². The molecule has 39 heavy (non-hydrogen) atoms. The number of carbonyl (C=O) groups excluding carboxylic acids is 4. The fourth-order valence-corrected chi connectivity index (χ4v) is 6.46. The topological polar surface area (TPSA) is 120 Å². The van der Waals surface area contributed by atoms with Crippen LogP contribution in [0.15, 0.2) is 48.5 Å². The van der Waals surface area contributed by atoms with Gasteiger partial charge in [-0.05, 0) is 52.0 Å². The quantitative estimate of drug-likeness (QED) is 0.219. The van der Waals surface area contributed by atoms with Crippen LogP contribution in [0.1, 0.15) is 75.5 Å². The van der Waals surface area contributed by atoms with Gasteiger partial charge >= 0.3 is 0 Å². The Balaban J connectivity index is 1.65. The lowest BCUT2D eigenvalue weighted by molar-refractivity contribution is 0.0427. The van der Waals surface area contributed by atoms with Crippen molar-refractivity contribution in [1.82, 2.24) is 14.5 Å². The van der Waals surface area contributed by atoms with Crippen LogP contribution in [-0.4, -0.2) is 76.0 Å². The summed E-state index contributed by atoms with van der Waals surface area (Å²) < 4.78 is 14.5. The molecule has 0 saturated heterocycles. The van der Waals surface area contributed by atoms with Gasteiger partial charge in [0.05, 0.1) is 54.4 Å². The van der Waals surface area contributed by atoms with E-state index in [1.165, 1.54) is 0 Å². The Labute approximate surface area is 229 Å². The first-order chi connectivity index (χ1) is 18.6. The van der Waals surface area contributed by atoms with Crippen molar-refractivity contribution < 1.29 is 28.2 Å². The molecule has 4 amide bonds. The highest BCUT2D eigenvalue weighted by atomic mass is 31.2. The highest BCUT2D eigenvalue weighted by molar-refractivity contribution is 7.44. The molecule has 204 valence electrons. The molecular weight excluding hydrogens is 519 g/mol. The smallest absolute Gasteiger partial charge is 0.261 e. The predicted molar refractivity (Wildman–Crippen MR) is 144 cm³/mol. The van der Waals surface area contributed by atoms with Crippen LogP contribution in [0.5, 0.6) is 0 Å². The average molecular weight is 551 g/mol. The van der Waals surface area contributed by atoms with Crippen molar-refractivity contribution in [2.75, 3.05) is 19.7 Å². The van der Waals surface area contributed by atoms with Crippen LogP contribution in [0.4, 0.5) is 0 Å². The summed E-state index contributed by atoms with van der Waals surface area (Å²) in [5, 5.41) is 9.05. The second kappa shape index (κ2) is 12.1. The molecule has 0 spiro atoms. The summed E-state index contributed by atoms with van der Waals surface area (Å²) in [6.07, 6.45) is -0.795. The van der Waals surface area contributed by atoms with E-state index in [0.717, 1.165) is 9.80 Å². The number of amides is 4. The molecule has 0 aromatic heterocycles. The Morgan fingerprint density at radius 1 is 0.769 bits per heavy atom. The van der Waals surface area contributed by atoms with Crippen molar-refractivity contribution in [3.05, 3.63) is 70.8 Å². The summed E-state index contributed by atoms with van der Waals surface area (Å²) in [6.45, 7) is 7.66. The first-order valence-corrected chi connectivity index (χ1v) is 13.9. The third kappa shape index (κ3) is 5.77. The highest BCUT2D eigenvalue weighted by Gasteiger charge is 2.42. The Morgan fingerprint density at radius 2 is 1.15 bits per heavy atom. The molecule has 2 aromatic carbocycles. The maximum absolute atomic E-state index is 13.2. The second-order valence-electron chi connectivity index (χ2n) is 9.81. The molecule has 1 unspecified atom stereocenters. The molecule has 0 fully saturated rings. The van der Waals surface area contributed by atoms with Crippen LogP contribution in [0.25, 0.3) is 0 Å². The number of benzene rings is 2. The molecule has 0 N–H and O–H groups in total. The predicted octanol–water partition coefficient (Wildman–Crippen LogP) is 4.24. The summed E-state index contributed by atoms with van der Waals surface area (Å²) in [6, 6.07) is 15.2. The molecule has 2 aromatic rings. The molecule has 4 rings (SSSR count). The van der Waals surface area contributed by atoms with E-state index in [4.69, 9.17) is 14.3 Å². The lowest BCUT2D eigenvalue weighted by Crippen LogP contribution is -2.46. The number of hydrogen-bond acceptors (Lipinski definition) is 8. The number of nitrogens with zero attached hydrogens (tertiary/aromatic N) is 4. The Morgan fingerprint density at radius 3 is 1.49 bits per heavy atom. The third-order valence-electron chi connectivity index (χ3n) is 6.43. The van der Waals surface area contributed by atoms with E-state index in [2.05, 4.69) is 6.07 Å². The average Bonchev–Trinajstić information content (AvgIpc) is 3.29. The molecule has 2 aliphatic heterocycles. The number of carbonyl (C=O) groups is 4. The van der Waals surface area contributed by atoms with Crippen molar-refractivity contribution >= 4 is 32.2 Å². The first kappa shape index (κ1) is 28.5. The van der Waals surface area contributed by atoms with E-state index in [-0.39, 0.29) is 38.2 Å². The summed E-state index contributed by atoms with van der Waals surface area (Å²) in [5.74, 6) is -1.87. The maximum Gasteiger partial charge on any atom is 0.261 e. The molecule has 1 atom stereocenters. The van der Waals surface area contributed by atoms with E-state index in [9.17, 15) is 19.2 Å². The van der Waals surface area contributed by atoms with Crippen LogP contribution < -0.4 is 0 Å². The molecule has 2 heterocycles. The van der Waals surface area contributed by atoms with Gasteiger partial charge < -0.3 is 9.05 Å². The van der Waals surface area contributed by atoms with E-state index in [1.54, 1.807) is 48.5 Å². The fraction of sp³-hybridized carbons (Fsp3) is 0.393. The zero-order valence-corrected chi connectivity index (χ0v) is 23.3. The minimum atomic E-state index is -1.78. The van der Waals surface area contributed by atoms with Crippen molar-refractivity contribution in [2.24, 2.45) is 0 Å². The SMILES string of the molecule is CC(C)N(C(C)C)P(OCCC#N)OC(CN1C(=O)c2ccccc2C1=O)CN1C(=O)c2ccccc2C1=O. The van der Waals surface area contributed by atoms with Gasteiger partial charge in [-0.25, -0.2) is 4.67 Å².